The van der Waals surface area contributed by atoms with E-state index in [1.54, 1.807) is 12.5 Å². The van der Waals surface area contributed by atoms with Crippen LogP contribution >= 0.6 is 15.9 Å². The third-order valence-corrected chi connectivity index (χ3v) is 3.24. The molecule has 1 unspecified atom stereocenters. The van der Waals surface area contributed by atoms with Crippen LogP contribution in [0.2, 0.25) is 0 Å². The number of furan rings is 1. The van der Waals surface area contributed by atoms with Crippen molar-refractivity contribution in [1.29, 1.82) is 0 Å². The van der Waals surface area contributed by atoms with Gasteiger partial charge < -0.3 is 8.83 Å². The first-order valence-electron chi connectivity index (χ1n) is 5.10. The summed E-state index contributed by atoms with van der Waals surface area (Å²) in [6, 6.07) is 2.01. The van der Waals surface area contributed by atoms with Gasteiger partial charge in [-0.15, -0.1) is 0 Å². The third-order valence-electron chi connectivity index (χ3n) is 2.84. The van der Waals surface area contributed by atoms with Crippen molar-refractivity contribution in [3.63, 3.8) is 0 Å². The molecule has 0 N–H and O–H groups in total. The number of nitrogens with zero attached hydrogens (tertiary/aromatic N) is 2. The fraction of sp³-hybridized carbons (Fsp3) is 0.364. The van der Waals surface area contributed by atoms with E-state index in [0.717, 1.165) is 29.4 Å². The van der Waals surface area contributed by atoms with Gasteiger partial charge in [0.2, 0.25) is 5.89 Å². The molecule has 0 spiro atoms. The Morgan fingerprint density at radius 3 is 3.19 bits per heavy atom. The summed E-state index contributed by atoms with van der Waals surface area (Å²) in [6.45, 7) is 1.73. The molecule has 0 fully saturated rings. The highest BCUT2D eigenvalue weighted by Crippen LogP contribution is 2.35. The van der Waals surface area contributed by atoms with Crippen LogP contribution in [0, 0.1) is 0 Å². The molecule has 0 aromatic carbocycles. The van der Waals surface area contributed by atoms with Gasteiger partial charge in [0.25, 0.3) is 0 Å². The van der Waals surface area contributed by atoms with Gasteiger partial charge in [-0.05, 0) is 29.0 Å². The fourth-order valence-corrected chi connectivity index (χ4v) is 2.61. The van der Waals surface area contributed by atoms with Gasteiger partial charge >= 0.3 is 0 Å². The second-order valence-corrected chi connectivity index (χ2v) is 4.83. The first-order chi connectivity index (χ1) is 7.74. The molecule has 0 saturated heterocycles. The topological polar surface area (TPSA) is 42.4 Å². The number of hydrogen-bond acceptors (Lipinski definition) is 4. The van der Waals surface area contributed by atoms with Gasteiger partial charge in [0, 0.05) is 12.1 Å². The van der Waals surface area contributed by atoms with E-state index in [1.807, 2.05) is 6.07 Å². The number of aromatic nitrogens is 1. The van der Waals surface area contributed by atoms with Crippen LogP contribution in [0.4, 0.5) is 0 Å². The molecule has 0 amide bonds. The zero-order valence-electron chi connectivity index (χ0n) is 8.81. The molecule has 2 aromatic heterocycles. The number of hydrogen-bond donors (Lipinski definition) is 0. The number of halogens is 1. The lowest BCUT2D eigenvalue weighted by atomic mass is 9.95. The van der Waals surface area contributed by atoms with E-state index in [2.05, 4.69) is 32.9 Å². The molecule has 1 aliphatic heterocycles. The van der Waals surface area contributed by atoms with Gasteiger partial charge in [-0.2, -0.15) is 0 Å². The highest BCUT2D eigenvalue weighted by molar-refractivity contribution is 9.10. The van der Waals surface area contributed by atoms with Crippen LogP contribution in [0.5, 0.6) is 0 Å². The molecule has 3 rings (SSSR count). The van der Waals surface area contributed by atoms with E-state index in [1.165, 1.54) is 5.56 Å². The van der Waals surface area contributed by atoms with Crippen LogP contribution in [0.3, 0.4) is 0 Å². The Hall–Kier alpha value is -1.07. The number of likely N-dealkylation sites (N-methyl/N-ethyl adjacent to an activating group) is 1. The summed E-state index contributed by atoms with van der Waals surface area (Å²) in [6.07, 6.45) is 3.29. The van der Waals surface area contributed by atoms with Crippen molar-refractivity contribution in [2.75, 3.05) is 13.6 Å². The summed E-state index contributed by atoms with van der Waals surface area (Å²) in [4.78, 5) is 6.43. The first-order valence-corrected chi connectivity index (χ1v) is 5.89. The van der Waals surface area contributed by atoms with E-state index in [9.17, 15) is 0 Å². The number of rotatable bonds is 1. The maximum Gasteiger partial charge on any atom is 0.202 e. The molecule has 4 nitrogen and oxygen atoms in total. The molecular weight excluding hydrogens is 272 g/mol. The van der Waals surface area contributed by atoms with Gasteiger partial charge in [0.15, 0.2) is 4.67 Å². The molecule has 84 valence electrons. The molecule has 0 aliphatic carbocycles. The third kappa shape index (κ3) is 1.60. The maximum atomic E-state index is 5.61. The molecule has 0 radical (unpaired) electrons. The van der Waals surface area contributed by atoms with Crippen molar-refractivity contribution in [2.45, 2.75) is 12.5 Å². The Labute approximate surface area is 101 Å². The minimum absolute atomic E-state index is 0.166. The van der Waals surface area contributed by atoms with Gasteiger partial charge in [0.1, 0.15) is 12.0 Å². The monoisotopic (exact) mass is 282 g/mol. The molecule has 2 aromatic rings. The second kappa shape index (κ2) is 3.75. The van der Waals surface area contributed by atoms with Crippen LogP contribution in [-0.4, -0.2) is 23.5 Å². The molecule has 16 heavy (non-hydrogen) atoms. The zero-order valence-corrected chi connectivity index (χ0v) is 10.4. The summed E-state index contributed by atoms with van der Waals surface area (Å²) in [5.74, 6) is 1.91. The van der Waals surface area contributed by atoms with E-state index >= 15 is 0 Å². The minimum atomic E-state index is 0.166. The summed E-state index contributed by atoms with van der Waals surface area (Å²) in [5.41, 5.74) is 1.17. The Morgan fingerprint density at radius 1 is 1.56 bits per heavy atom. The molecular formula is C11H11BrN2O2. The largest absolute Gasteiger partial charge is 0.453 e. The van der Waals surface area contributed by atoms with Gasteiger partial charge in [-0.1, -0.05) is 0 Å². The molecule has 5 heteroatoms. The van der Waals surface area contributed by atoms with Crippen molar-refractivity contribution in [3.8, 4) is 0 Å². The lowest BCUT2D eigenvalue weighted by Gasteiger charge is -2.26. The van der Waals surface area contributed by atoms with Crippen LogP contribution in [0.1, 0.15) is 23.1 Å². The summed E-state index contributed by atoms with van der Waals surface area (Å²) in [5, 5.41) is 0. The predicted octanol–water partition coefficient (Wildman–Crippen LogP) is 2.61. The summed E-state index contributed by atoms with van der Waals surface area (Å²) < 4.78 is 11.8. The lowest BCUT2D eigenvalue weighted by Crippen LogP contribution is -2.30. The second-order valence-electron chi connectivity index (χ2n) is 4.05. The summed E-state index contributed by atoms with van der Waals surface area (Å²) in [7, 11) is 2.06. The van der Waals surface area contributed by atoms with Crippen LogP contribution in [0.15, 0.2) is 32.0 Å². The smallest absolute Gasteiger partial charge is 0.202 e. The van der Waals surface area contributed by atoms with E-state index in [4.69, 9.17) is 8.83 Å². The minimum Gasteiger partial charge on any atom is -0.453 e. The van der Waals surface area contributed by atoms with Crippen molar-refractivity contribution >= 4 is 15.9 Å². The summed E-state index contributed by atoms with van der Waals surface area (Å²) >= 11 is 3.37. The van der Waals surface area contributed by atoms with E-state index in [-0.39, 0.29) is 5.92 Å². The normalized spacial score (nSPS) is 21.0. The molecule has 1 aliphatic rings. The van der Waals surface area contributed by atoms with Gasteiger partial charge in [-0.25, -0.2) is 4.98 Å². The van der Waals surface area contributed by atoms with Crippen LogP contribution in [-0.2, 0) is 6.54 Å². The van der Waals surface area contributed by atoms with Crippen molar-refractivity contribution < 1.29 is 8.83 Å². The van der Waals surface area contributed by atoms with Crippen molar-refractivity contribution in [1.82, 2.24) is 9.88 Å². The zero-order chi connectivity index (χ0) is 11.1. The van der Waals surface area contributed by atoms with Gasteiger partial charge in [0.05, 0.1) is 18.7 Å². The Morgan fingerprint density at radius 2 is 2.44 bits per heavy atom. The van der Waals surface area contributed by atoms with Gasteiger partial charge in [-0.3, -0.25) is 4.90 Å². The molecule has 3 heterocycles. The van der Waals surface area contributed by atoms with Crippen LogP contribution in [0.25, 0.3) is 0 Å². The quantitative estimate of drug-likeness (QED) is 0.806. The fourth-order valence-electron chi connectivity index (χ4n) is 2.16. The molecule has 0 bridgehead atoms. The number of fused-ring (bicyclic) bond motifs is 1. The highest BCUT2D eigenvalue weighted by Gasteiger charge is 2.30. The Kier molecular flexibility index (Phi) is 2.37. The average molecular weight is 283 g/mol. The maximum absolute atomic E-state index is 5.61. The highest BCUT2D eigenvalue weighted by atomic mass is 79.9. The Balaban J connectivity index is 2.06. The average Bonchev–Trinajstić information content (AvgIpc) is 2.83. The molecule has 0 saturated carbocycles. The standard InChI is InChI=1S/C11H11BrN2O2/c1-14-5-8(11-13-2-3-15-11)7-4-10(12)16-9(7)6-14/h2-4,8H,5-6H2,1H3. The Bertz CT molecular complexity index is 492. The SMILES string of the molecule is CN1Cc2oc(Br)cc2C(c2ncco2)C1. The number of oxazole rings is 1. The van der Waals surface area contributed by atoms with Crippen molar-refractivity contribution in [3.05, 3.63) is 40.4 Å². The first kappa shape index (κ1) is 10.1. The predicted molar refractivity (Wildman–Crippen MR) is 61.1 cm³/mol. The molecule has 1 atom stereocenters. The van der Waals surface area contributed by atoms with Crippen molar-refractivity contribution in [2.24, 2.45) is 0 Å². The van der Waals surface area contributed by atoms with E-state index in [0.29, 0.717) is 0 Å². The van der Waals surface area contributed by atoms with E-state index < -0.39 is 0 Å². The van der Waals surface area contributed by atoms with Crippen LogP contribution < -0.4 is 0 Å². The lowest BCUT2D eigenvalue weighted by molar-refractivity contribution is 0.247.